The molecule has 6 atom stereocenters. The molecule has 9 nitrogen and oxygen atoms in total. The van der Waals surface area contributed by atoms with Crippen molar-refractivity contribution < 1.29 is 44.2 Å². The summed E-state index contributed by atoms with van der Waals surface area (Å²) < 4.78 is 22.9. The molecule has 1 aliphatic rings. The van der Waals surface area contributed by atoms with Gasteiger partial charge in [-0.1, -0.05) is 196 Å². The van der Waals surface area contributed by atoms with Gasteiger partial charge in [0.05, 0.1) is 19.8 Å². The van der Waals surface area contributed by atoms with Crippen molar-refractivity contribution in [2.24, 2.45) is 0 Å². The van der Waals surface area contributed by atoms with Gasteiger partial charge in [-0.25, -0.2) is 0 Å². The highest BCUT2D eigenvalue weighted by molar-refractivity contribution is 5.69. The second-order valence-electron chi connectivity index (χ2n) is 17.9. The Morgan fingerprint density at radius 2 is 0.938 bits per heavy atom. The number of unbranched alkanes of at least 4 members (excludes halogenated alkanes) is 22. The quantitative estimate of drug-likeness (QED) is 0.0267. The minimum Gasteiger partial charge on any atom is -0.457 e. The lowest BCUT2D eigenvalue weighted by molar-refractivity contribution is -0.305. The van der Waals surface area contributed by atoms with Crippen molar-refractivity contribution in [2.45, 2.75) is 250 Å². The van der Waals surface area contributed by atoms with E-state index in [4.69, 9.17) is 18.9 Å². The molecule has 0 spiro atoms. The predicted octanol–water partition coefficient (Wildman–Crippen LogP) is 13.2. The van der Waals surface area contributed by atoms with Crippen LogP contribution in [0.2, 0.25) is 0 Å². The Kier molecular flexibility index (Phi) is 43.6. The van der Waals surface area contributed by atoms with Gasteiger partial charge < -0.3 is 39.4 Å². The van der Waals surface area contributed by atoms with E-state index in [1.54, 1.807) is 0 Å². The Morgan fingerprint density at radius 3 is 1.42 bits per heavy atom. The first-order valence-corrected chi connectivity index (χ1v) is 26.5. The van der Waals surface area contributed by atoms with E-state index in [-0.39, 0.29) is 19.2 Å². The molecular formula is C56H98O9. The summed E-state index contributed by atoms with van der Waals surface area (Å²) in [6.07, 6.45) is 55.1. The van der Waals surface area contributed by atoms with Crippen LogP contribution < -0.4 is 0 Å². The molecule has 1 aliphatic heterocycles. The van der Waals surface area contributed by atoms with Crippen molar-refractivity contribution in [3.63, 3.8) is 0 Å². The fourth-order valence-electron chi connectivity index (χ4n) is 7.75. The van der Waals surface area contributed by atoms with E-state index in [1.807, 2.05) is 0 Å². The zero-order valence-corrected chi connectivity index (χ0v) is 41.5. The number of carbonyl (C=O) groups is 1. The Bertz CT molecular complexity index is 1220. The van der Waals surface area contributed by atoms with E-state index in [0.717, 1.165) is 83.5 Å². The normalized spacial score (nSPS) is 20.0. The van der Waals surface area contributed by atoms with E-state index in [1.165, 1.54) is 109 Å². The van der Waals surface area contributed by atoms with Crippen molar-refractivity contribution >= 4 is 5.97 Å². The van der Waals surface area contributed by atoms with E-state index in [9.17, 15) is 25.2 Å². The third-order valence-electron chi connectivity index (χ3n) is 11.9. The van der Waals surface area contributed by atoms with Crippen LogP contribution in [0.4, 0.5) is 0 Å². The maximum absolute atomic E-state index is 12.8. The topological polar surface area (TPSA) is 135 Å². The maximum atomic E-state index is 12.8. The number of carbonyl (C=O) groups excluding carboxylic acids is 1. The van der Waals surface area contributed by atoms with Crippen LogP contribution in [0.3, 0.4) is 0 Å². The van der Waals surface area contributed by atoms with Gasteiger partial charge in [0.1, 0.15) is 30.5 Å². The zero-order chi connectivity index (χ0) is 47.1. The highest BCUT2D eigenvalue weighted by Crippen LogP contribution is 2.23. The largest absolute Gasteiger partial charge is 0.457 e. The summed E-state index contributed by atoms with van der Waals surface area (Å²) in [5.74, 6) is -0.328. The molecule has 0 aliphatic carbocycles. The molecule has 376 valence electrons. The second-order valence-corrected chi connectivity index (χ2v) is 17.9. The van der Waals surface area contributed by atoms with Crippen LogP contribution in [0.25, 0.3) is 0 Å². The molecule has 4 N–H and O–H groups in total. The van der Waals surface area contributed by atoms with Crippen LogP contribution in [-0.2, 0) is 23.7 Å². The number of ether oxygens (including phenoxy) is 4. The van der Waals surface area contributed by atoms with Crippen molar-refractivity contribution in [2.75, 3.05) is 26.4 Å². The average molecular weight is 915 g/mol. The Labute approximate surface area is 397 Å². The van der Waals surface area contributed by atoms with Crippen LogP contribution in [-0.4, -0.2) is 89.6 Å². The summed E-state index contributed by atoms with van der Waals surface area (Å²) in [5, 5.41) is 40.3. The molecule has 1 saturated heterocycles. The van der Waals surface area contributed by atoms with Gasteiger partial charge in [0.25, 0.3) is 0 Å². The van der Waals surface area contributed by atoms with E-state index >= 15 is 0 Å². The molecule has 1 rings (SSSR count). The third kappa shape index (κ3) is 37.3. The Morgan fingerprint density at radius 1 is 0.508 bits per heavy atom. The van der Waals surface area contributed by atoms with Crippen LogP contribution in [0.5, 0.6) is 0 Å². The van der Waals surface area contributed by atoms with Gasteiger partial charge >= 0.3 is 5.97 Å². The predicted molar refractivity (Wildman–Crippen MR) is 270 cm³/mol. The first kappa shape index (κ1) is 60.6. The molecular weight excluding hydrogens is 817 g/mol. The minimum absolute atomic E-state index is 0.122. The third-order valence-corrected chi connectivity index (χ3v) is 11.9. The molecule has 0 amide bonds. The number of allylic oxidation sites excluding steroid dienone is 12. The van der Waals surface area contributed by atoms with Crippen molar-refractivity contribution in [1.29, 1.82) is 0 Å². The van der Waals surface area contributed by atoms with Gasteiger partial charge in [-0.05, 0) is 83.5 Å². The lowest BCUT2D eigenvalue weighted by Gasteiger charge is -2.39. The molecule has 0 radical (unpaired) electrons. The van der Waals surface area contributed by atoms with Crippen LogP contribution >= 0.6 is 0 Å². The zero-order valence-electron chi connectivity index (χ0n) is 41.5. The van der Waals surface area contributed by atoms with Gasteiger partial charge in [0.15, 0.2) is 6.29 Å². The first-order valence-electron chi connectivity index (χ1n) is 26.5. The van der Waals surface area contributed by atoms with E-state index in [2.05, 4.69) is 86.8 Å². The van der Waals surface area contributed by atoms with Crippen LogP contribution in [0.1, 0.15) is 213 Å². The summed E-state index contributed by atoms with van der Waals surface area (Å²) in [7, 11) is 0. The van der Waals surface area contributed by atoms with Crippen molar-refractivity contribution in [3.8, 4) is 0 Å². The summed E-state index contributed by atoms with van der Waals surface area (Å²) >= 11 is 0. The first-order chi connectivity index (χ1) is 31.9. The molecule has 65 heavy (non-hydrogen) atoms. The highest BCUT2D eigenvalue weighted by atomic mass is 16.7. The molecule has 1 fully saturated rings. The van der Waals surface area contributed by atoms with Crippen molar-refractivity contribution in [3.05, 3.63) is 72.9 Å². The number of rotatable bonds is 45. The maximum Gasteiger partial charge on any atom is 0.306 e. The number of aliphatic hydroxyl groups excluding tert-OH is 4. The summed E-state index contributed by atoms with van der Waals surface area (Å²) in [5.41, 5.74) is 0. The highest BCUT2D eigenvalue weighted by Gasteiger charge is 2.44. The number of esters is 1. The van der Waals surface area contributed by atoms with E-state index < -0.39 is 43.4 Å². The fraction of sp³-hybridized carbons (Fsp3) is 0.768. The smallest absolute Gasteiger partial charge is 0.306 e. The SMILES string of the molecule is CC/C=C\C/C=C\C/C=C\C/C=C\CCCCCCCCCCCCCCCOCC(COC1OC(CO)C(O)C(O)C1O)OC(=O)CCCCCCC/C=C\C/C=C\CCCCCC. The number of hydrogen-bond donors (Lipinski definition) is 4. The summed E-state index contributed by atoms with van der Waals surface area (Å²) in [4.78, 5) is 12.8. The van der Waals surface area contributed by atoms with Gasteiger partial charge in [-0.15, -0.1) is 0 Å². The van der Waals surface area contributed by atoms with Crippen LogP contribution in [0.15, 0.2) is 72.9 Å². The molecule has 1 heterocycles. The average Bonchev–Trinajstić information content (AvgIpc) is 3.31. The molecule has 0 saturated carbocycles. The lowest BCUT2D eigenvalue weighted by atomic mass is 9.99. The molecule has 6 unspecified atom stereocenters. The molecule has 0 aromatic carbocycles. The van der Waals surface area contributed by atoms with E-state index in [0.29, 0.717) is 13.0 Å². The van der Waals surface area contributed by atoms with Crippen molar-refractivity contribution in [1.82, 2.24) is 0 Å². The van der Waals surface area contributed by atoms with Gasteiger partial charge in [-0.3, -0.25) is 4.79 Å². The van der Waals surface area contributed by atoms with Crippen LogP contribution in [0, 0.1) is 0 Å². The molecule has 0 aromatic rings. The minimum atomic E-state index is -1.54. The lowest BCUT2D eigenvalue weighted by Crippen LogP contribution is -2.59. The van der Waals surface area contributed by atoms with Gasteiger partial charge in [0, 0.05) is 13.0 Å². The fourth-order valence-corrected chi connectivity index (χ4v) is 7.75. The monoisotopic (exact) mass is 915 g/mol. The number of aliphatic hydroxyl groups is 4. The Balaban J connectivity index is 2.17. The number of hydrogen-bond acceptors (Lipinski definition) is 9. The summed E-state index contributed by atoms with van der Waals surface area (Å²) in [6, 6.07) is 0. The standard InChI is InChI=1S/C56H98O9/c1-3-5-7-9-11-13-15-17-19-21-22-23-24-25-26-27-28-29-30-32-34-36-38-40-42-44-46-62-48-50(49-63-56-55(61)54(60)53(59)51(47-57)65-56)64-52(58)45-43-41-39-37-35-33-31-20-18-16-14-12-10-8-6-4-2/h5,7,11,13-14,16-17,19-20,22-23,31,50-51,53-57,59-61H,3-4,6,8-10,12,15,18,21,24-30,32-49H2,1-2H3/b7-5-,13-11-,16-14-,19-17-,23-22-,31-20-. The van der Waals surface area contributed by atoms with Gasteiger partial charge in [0.2, 0.25) is 0 Å². The van der Waals surface area contributed by atoms with Gasteiger partial charge in [-0.2, -0.15) is 0 Å². The molecule has 9 heteroatoms. The summed E-state index contributed by atoms with van der Waals surface area (Å²) in [6.45, 7) is 4.42. The Hall–Kier alpha value is -2.37. The second kappa shape index (κ2) is 46.7. The molecule has 0 aromatic heterocycles. The molecule has 0 bridgehead atoms.